The van der Waals surface area contributed by atoms with Crippen LogP contribution in [-0.4, -0.2) is 21.7 Å². The smallest absolute Gasteiger partial charge is 0.407 e. The number of amides is 1. The SMILES string of the molecule is CC(C)(C)OC(=O)NCc1cc(-c2ccccc2)ccc1Cc1ncc(Cc2ccc(C#N)cc2)[nH]1. The van der Waals surface area contributed by atoms with Crippen molar-refractivity contribution < 1.29 is 9.53 Å². The van der Waals surface area contributed by atoms with E-state index in [0.29, 0.717) is 24.9 Å². The fourth-order valence-electron chi connectivity index (χ4n) is 3.94. The number of imidazole rings is 1. The van der Waals surface area contributed by atoms with Gasteiger partial charge in [-0.1, -0.05) is 54.6 Å². The number of ether oxygens (including phenoxy) is 1. The molecule has 182 valence electrons. The number of alkyl carbamates (subject to hydrolysis) is 1. The second-order valence-electron chi connectivity index (χ2n) is 9.72. The van der Waals surface area contributed by atoms with Crippen LogP contribution in [0.4, 0.5) is 4.79 Å². The standard InChI is InChI=1S/C30H30N4O2/c1-30(2,3)36-29(35)33-19-26-16-24(23-7-5-4-6-8-23)13-14-25(26)17-28-32-20-27(34-28)15-21-9-11-22(18-31)12-10-21/h4-14,16,20H,15,17,19H2,1-3H3,(H,32,34)(H,33,35). The van der Waals surface area contributed by atoms with Crippen molar-refractivity contribution in [1.29, 1.82) is 5.26 Å². The Kier molecular flexibility index (Phi) is 7.50. The van der Waals surface area contributed by atoms with Crippen LogP contribution >= 0.6 is 0 Å². The summed E-state index contributed by atoms with van der Waals surface area (Å²) in [5.74, 6) is 0.852. The molecule has 0 unspecified atom stereocenters. The molecular weight excluding hydrogens is 448 g/mol. The molecule has 0 saturated carbocycles. The average Bonchev–Trinajstić information content (AvgIpc) is 3.30. The lowest BCUT2D eigenvalue weighted by Gasteiger charge is -2.20. The van der Waals surface area contributed by atoms with E-state index in [1.54, 1.807) is 0 Å². The highest BCUT2D eigenvalue weighted by molar-refractivity contribution is 5.68. The first-order valence-corrected chi connectivity index (χ1v) is 11.9. The van der Waals surface area contributed by atoms with E-state index in [2.05, 4.69) is 51.7 Å². The molecule has 4 aromatic rings. The van der Waals surface area contributed by atoms with Crippen LogP contribution in [0.25, 0.3) is 11.1 Å². The molecule has 1 amide bonds. The van der Waals surface area contributed by atoms with E-state index in [0.717, 1.165) is 39.3 Å². The largest absolute Gasteiger partial charge is 0.444 e. The summed E-state index contributed by atoms with van der Waals surface area (Å²) in [6.45, 7) is 5.89. The van der Waals surface area contributed by atoms with E-state index in [9.17, 15) is 4.79 Å². The number of nitrogens with zero attached hydrogens (tertiary/aromatic N) is 2. The summed E-state index contributed by atoms with van der Waals surface area (Å²) in [4.78, 5) is 20.3. The first kappa shape index (κ1) is 24.7. The maximum atomic E-state index is 12.3. The van der Waals surface area contributed by atoms with Crippen molar-refractivity contribution in [2.24, 2.45) is 0 Å². The number of hydrogen-bond acceptors (Lipinski definition) is 4. The third-order valence-electron chi connectivity index (χ3n) is 5.65. The number of nitriles is 1. The molecular formula is C30H30N4O2. The Morgan fingerprint density at radius 3 is 2.42 bits per heavy atom. The number of nitrogens with one attached hydrogen (secondary N) is 2. The Hall–Kier alpha value is -4.37. The highest BCUT2D eigenvalue weighted by Gasteiger charge is 2.17. The molecule has 0 saturated heterocycles. The first-order chi connectivity index (χ1) is 17.3. The lowest BCUT2D eigenvalue weighted by molar-refractivity contribution is 0.0523. The Morgan fingerprint density at radius 2 is 1.72 bits per heavy atom. The molecule has 6 heteroatoms. The topological polar surface area (TPSA) is 90.8 Å². The average molecular weight is 479 g/mol. The minimum absolute atomic E-state index is 0.351. The fraction of sp³-hybridized carbons (Fsp3) is 0.233. The van der Waals surface area contributed by atoms with E-state index in [1.807, 2.05) is 69.4 Å². The summed E-state index contributed by atoms with van der Waals surface area (Å²) in [5, 5.41) is 11.9. The van der Waals surface area contributed by atoms with Gasteiger partial charge in [-0.15, -0.1) is 0 Å². The Balaban J connectivity index is 1.52. The van der Waals surface area contributed by atoms with Gasteiger partial charge in [-0.25, -0.2) is 9.78 Å². The van der Waals surface area contributed by atoms with Crippen molar-refractivity contribution in [2.45, 2.75) is 45.8 Å². The van der Waals surface area contributed by atoms with Crippen LogP contribution in [-0.2, 0) is 24.1 Å². The van der Waals surface area contributed by atoms with Gasteiger partial charge in [-0.3, -0.25) is 0 Å². The zero-order valence-electron chi connectivity index (χ0n) is 20.8. The number of carbonyl (C=O) groups excluding carboxylic acids is 1. The lowest BCUT2D eigenvalue weighted by atomic mass is 9.97. The molecule has 4 rings (SSSR count). The Morgan fingerprint density at radius 1 is 0.972 bits per heavy atom. The van der Waals surface area contributed by atoms with Crippen molar-refractivity contribution in [3.8, 4) is 17.2 Å². The maximum absolute atomic E-state index is 12.3. The number of H-pyrrole nitrogens is 1. The van der Waals surface area contributed by atoms with Gasteiger partial charge < -0.3 is 15.0 Å². The van der Waals surface area contributed by atoms with Gasteiger partial charge in [0.2, 0.25) is 0 Å². The van der Waals surface area contributed by atoms with Crippen LogP contribution in [0.2, 0.25) is 0 Å². The summed E-state index contributed by atoms with van der Waals surface area (Å²) in [5.41, 5.74) is 6.49. The monoisotopic (exact) mass is 478 g/mol. The van der Waals surface area contributed by atoms with Crippen molar-refractivity contribution in [3.05, 3.63) is 113 Å². The number of hydrogen-bond donors (Lipinski definition) is 2. The molecule has 1 heterocycles. The van der Waals surface area contributed by atoms with Gasteiger partial charge in [-0.05, 0) is 66.8 Å². The molecule has 0 atom stereocenters. The Labute approximate surface area is 212 Å². The second kappa shape index (κ2) is 10.9. The summed E-state index contributed by atoms with van der Waals surface area (Å²) in [6.07, 6.45) is 2.72. The highest BCUT2D eigenvalue weighted by Crippen LogP contribution is 2.24. The van der Waals surface area contributed by atoms with Gasteiger partial charge in [0.1, 0.15) is 11.4 Å². The van der Waals surface area contributed by atoms with Crippen LogP contribution in [0.15, 0.2) is 79.0 Å². The normalized spacial score (nSPS) is 11.1. The molecule has 0 fully saturated rings. The fourth-order valence-corrected chi connectivity index (χ4v) is 3.94. The van der Waals surface area contributed by atoms with E-state index >= 15 is 0 Å². The predicted octanol–water partition coefficient (Wildman–Crippen LogP) is 6.15. The van der Waals surface area contributed by atoms with Crippen molar-refractivity contribution in [1.82, 2.24) is 15.3 Å². The van der Waals surface area contributed by atoms with Gasteiger partial charge in [0.25, 0.3) is 0 Å². The quantitative estimate of drug-likeness (QED) is 0.333. The van der Waals surface area contributed by atoms with Gasteiger partial charge in [0.15, 0.2) is 0 Å². The van der Waals surface area contributed by atoms with Crippen molar-refractivity contribution in [3.63, 3.8) is 0 Å². The first-order valence-electron chi connectivity index (χ1n) is 11.9. The molecule has 0 aliphatic carbocycles. The van der Waals surface area contributed by atoms with Crippen LogP contribution in [0.5, 0.6) is 0 Å². The van der Waals surface area contributed by atoms with Gasteiger partial charge in [0, 0.05) is 31.3 Å². The lowest BCUT2D eigenvalue weighted by Crippen LogP contribution is -2.32. The minimum atomic E-state index is -0.557. The molecule has 0 spiro atoms. The van der Waals surface area contributed by atoms with Crippen LogP contribution in [0.1, 0.15) is 54.5 Å². The summed E-state index contributed by atoms with van der Waals surface area (Å²) < 4.78 is 5.42. The highest BCUT2D eigenvalue weighted by atomic mass is 16.6. The molecule has 1 aromatic heterocycles. The van der Waals surface area contributed by atoms with Crippen LogP contribution < -0.4 is 5.32 Å². The zero-order chi connectivity index (χ0) is 25.5. The molecule has 3 aromatic carbocycles. The number of benzene rings is 3. The van der Waals surface area contributed by atoms with E-state index < -0.39 is 11.7 Å². The van der Waals surface area contributed by atoms with Gasteiger partial charge >= 0.3 is 6.09 Å². The van der Waals surface area contributed by atoms with Gasteiger partial charge in [-0.2, -0.15) is 5.26 Å². The molecule has 0 aliphatic heterocycles. The molecule has 0 bridgehead atoms. The number of aromatic nitrogens is 2. The van der Waals surface area contributed by atoms with Gasteiger partial charge in [0.05, 0.1) is 11.6 Å². The third-order valence-corrected chi connectivity index (χ3v) is 5.65. The number of carbonyl (C=O) groups is 1. The molecule has 36 heavy (non-hydrogen) atoms. The zero-order valence-corrected chi connectivity index (χ0v) is 20.8. The van der Waals surface area contributed by atoms with Crippen molar-refractivity contribution in [2.75, 3.05) is 0 Å². The maximum Gasteiger partial charge on any atom is 0.407 e. The third kappa shape index (κ3) is 6.83. The minimum Gasteiger partial charge on any atom is -0.444 e. The Bertz CT molecular complexity index is 1360. The van der Waals surface area contributed by atoms with E-state index in [1.165, 1.54) is 0 Å². The molecule has 0 aliphatic rings. The number of aromatic amines is 1. The molecule has 0 radical (unpaired) electrons. The van der Waals surface area contributed by atoms with Crippen molar-refractivity contribution >= 4 is 6.09 Å². The summed E-state index contributed by atoms with van der Waals surface area (Å²) >= 11 is 0. The summed E-state index contributed by atoms with van der Waals surface area (Å²) in [6, 6.07) is 26.2. The predicted molar refractivity (Wildman–Crippen MR) is 140 cm³/mol. The summed E-state index contributed by atoms with van der Waals surface area (Å²) in [7, 11) is 0. The van der Waals surface area contributed by atoms with Crippen LogP contribution in [0, 0.1) is 11.3 Å². The number of rotatable bonds is 7. The molecule has 2 N–H and O–H groups in total. The second-order valence-corrected chi connectivity index (χ2v) is 9.72. The van der Waals surface area contributed by atoms with Crippen LogP contribution in [0.3, 0.4) is 0 Å². The van der Waals surface area contributed by atoms with E-state index in [4.69, 9.17) is 10.00 Å². The van der Waals surface area contributed by atoms with E-state index in [-0.39, 0.29) is 0 Å². The molecule has 6 nitrogen and oxygen atoms in total.